The SMILES string of the molecule is CC.CC(=N)Cc1cccc(CC(=O)CCC(NC(=O)C2CCCN2S(=O)(=O)Cc2ccccc2)C(=O)O)c1. The molecule has 2 aromatic carbocycles. The van der Waals surface area contributed by atoms with Crippen molar-refractivity contribution in [3.05, 3.63) is 71.3 Å². The van der Waals surface area contributed by atoms with Crippen LogP contribution in [0.4, 0.5) is 0 Å². The molecule has 0 aliphatic carbocycles. The molecular weight excluding hydrogens is 518 g/mol. The van der Waals surface area contributed by atoms with Crippen LogP contribution in [0.25, 0.3) is 0 Å². The molecule has 0 aromatic heterocycles. The third kappa shape index (κ3) is 10.0. The molecule has 2 aromatic rings. The van der Waals surface area contributed by atoms with Gasteiger partial charge in [-0.25, -0.2) is 13.2 Å². The average molecular weight is 558 g/mol. The van der Waals surface area contributed by atoms with Crippen LogP contribution >= 0.6 is 0 Å². The molecule has 2 unspecified atom stereocenters. The molecule has 10 heteroatoms. The van der Waals surface area contributed by atoms with Crippen LogP contribution in [-0.2, 0) is 43.0 Å². The van der Waals surface area contributed by atoms with Crippen molar-refractivity contribution in [1.29, 1.82) is 5.41 Å². The summed E-state index contributed by atoms with van der Waals surface area (Å²) in [4.78, 5) is 37.3. The van der Waals surface area contributed by atoms with E-state index in [4.69, 9.17) is 5.41 Å². The molecule has 39 heavy (non-hydrogen) atoms. The van der Waals surface area contributed by atoms with Crippen LogP contribution in [0.3, 0.4) is 0 Å². The highest BCUT2D eigenvalue weighted by molar-refractivity contribution is 7.88. The number of sulfonamides is 1. The van der Waals surface area contributed by atoms with E-state index in [1.165, 1.54) is 0 Å². The number of carbonyl (C=O) groups excluding carboxylic acids is 2. The molecule has 0 spiro atoms. The maximum absolute atomic E-state index is 13.0. The number of nitrogens with one attached hydrogen (secondary N) is 2. The summed E-state index contributed by atoms with van der Waals surface area (Å²) in [7, 11) is -3.78. The molecule has 3 N–H and O–H groups in total. The highest BCUT2D eigenvalue weighted by Gasteiger charge is 2.39. The molecule has 0 radical (unpaired) electrons. The van der Waals surface area contributed by atoms with Crippen LogP contribution in [0.1, 0.15) is 63.1 Å². The third-order valence-corrected chi connectivity index (χ3v) is 8.09. The van der Waals surface area contributed by atoms with Gasteiger partial charge in [-0.2, -0.15) is 4.31 Å². The minimum atomic E-state index is -3.78. The van der Waals surface area contributed by atoms with Crippen molar-refractivity contribution in [2.75, 3.05) is 6.54 Å². The zero-order valence-electron chi connectivity index (χ0n) is 22.9. The van der Waals surface area contributed by atoms with Crippen LogP contribution < -0.4 is 5.32 Å². The van der Waals surface area contributed by atoms with Gasteiger partial charge < -0.3 is 15.8 Å². The zero-order valence-corrected chi connectivity index (χ0v) is 23.7. The van der Waals surface area contributed by atoms with E-state index in [1.54, 1.807) is 37.3 Å². The second-order valence-electron chi connectivity index (χ2n) is 9.44. The van der Waals surface area contributed by atoms with Gasteiger partial charge in [0.15, 0.2) is 0 Å². The molecular formula is C29H39N3O6S. The van der Waals surface area contributed by atoms with Crippen molar-refractivity contribution in [3.63, 3.8) is 0 Å². The van der Waals surface area contributed by atoms with E-state index >= 15 is 0 Å². The largest absolute Gasteiger partial charge is 0.480 e. The standard InChI is InChI=1S/C27H33N3O6S.C2H6/c1-19(28)15-21-9-5-10-22(16-21)17-23(31)12-13-24(27(33)34)29-26(32)25-11-6-14-30(25)37(35,36)18-20-7-3-2-4-8-20;1-2/h2-5,7-10,16,24-25,28H,6,11-15,17-18H2,1H3,(H,29,32)(H,33,34);1-2H3. The molecule has 1 aliphatic rings. The fraction of sp³-hybridized carbons (Fsp3) is 0.448. The fourth-order valence-corrected chi connectivity index (χ4v) is 6.28. The Morgan fingerprint density at radius 3 is 2.26 bits per heavy atom. The fourth-order valence-electron chi connectivity index (χ4n) is 4.51. The van der Waals surface area contributed by atoms with E-state index in [9.17, 15) is 27.9 Å². The Hall–Kier alpha value is -3.37. The topological polar surface area (TPSA) is 145 Å². The molecule has 1 heterocycles. The first-order valence-electron chi connectivity index (χ1n) is 13.3. The Morgan fingerprint density at radius 2 is 1.64 bits per heavy atom. The normalized spacial score (nSPS) is 16.0. The summed E-state index contributed by atoms with van der Waals surface area (Å²) in [6.45, 7) is 5.90. The quantitative estimate of drug-likeness (QED) is 0.320. The Balaban J connectivity index is 0.00000260. The van der Waals surface area contributed by atoms with E-state index in [2.05, 4.69) is 5.32 Å². The maximum Gasteiger partial charge on any atom is 0.326 e. The Morgan fingerprint density at radius 1 is 1.03 bits per heavy atom. The summed E-state index contributed by atoms with van der Waals surface area (Å²) in [5.74, 6) is -2.35. The van der Waals surface area contributed by atoms with E-state index in [0.29, 0.717) is 30.5 Å². The highest BCUT2D eigenvalue weighted by Crippen LogP contribution is 2.24. The van der Waals surface area contributed by atoms with E-state index in [1.807, 2.05) is 38.1 Å². The maximum atomic E-state index is 13.0. The highest BCUT2D eigenvalue weighted by atomic mass is 32.2. The number of carboxylic acids is 1. The Bertz CT molecular complexity index is 1250. The predicted octanol–water partition coefficient (Wildman–Crippen LogP) is 3.75. The lowest BCUT2D eigenvalue weighted by Crippen LogP contribution is -2.51. The van der Waals surface area contributed by atoms with Crippen molar-refractivity contribution in [2.24, 2.45) is 0 Å². The Labute approximate surface area is 231 Å². The lowest BCUT2D eigenvalue weighted by Gasteiger charge is -2.25. The number of amides is 1. The van der Waals surface area contributed by atoms with Crippen LogP contribution in [0.2, 0.25) is 0 Å². The van der Waals surface area contributed by atoms with Crippen LogP contribution in [-0.4, -0.2) is 59.8 Å². The van der Waals surface area contributed by atoms with E-state index in [-0.39, 0.29) is 37.3 Å². The second kappa shape index (κ2) is 15.3. The minimum absolute atomic E-state index is 0.0498. The van der Waals surface area contributed by atoms with Gasteiger partial charge in [0, 0.05) is 31.5 Å². The zero-order chi connectivity index (χ0) is 29.0. The van der Waals surface area contributed by atoms with Gasteiger partial charge in [0.05, 0.1) is 5.75 Å². The molecule has 212 valence electrons. The van der Waals surface area contributed by atoms with Crippen LogP contribution in [0.15, 0.2) is 54.6 Å². The van der Waals surface area contributed by atoms with Crippen molar-refractivity contribution >= 4 is 33.4 Å². The third-order valence-electron chi connectivity index (χ3n) is 6.24. The van der Waals surface area contributed by atoms with E-state index < -0.39 is 34.0 Å². The van der Waals surface area contributed by atoms with Crippen molar-refractivity contribution in [2.45, 2.75) is 77.1 Å². The summed E-state index contributed by atoms with van der Waals surface area (Å²) >= 11 is 0. The van der Waals surface area contributed by atoms with Gasteiger partial charge in [0.1, 0.15) is 17.9 Å². The van der Waals surface area contributed by atoms with Crippen LogP contribution in [0, 0.1) is 5.41 Å². The molecule has 0 saturated carbocycles. The number of carbonyl (C=O) groups is 3. The molecule has 1 aliphatic heterocycles. The first kappa shape index (κ1) is 31.8. The van der Waals surface area contributed by atoms with Gasteiger partial charge in [-0.05, 0) is 42.9 Å². The number of hydrogen-bond acceptors (Lipinski definition) is 6. The lowest BCUT2D eigenvalue weighted by molar-refractivity contribution is -0.142. The second-order valence-corrected chi connectivity index (χ2v) is 11.4. The average Bonchev–Trinajstić information content (AvgIpc) is 3.39. The number of ketones is 1. The molecule has 1 saturated heterocycles. The predicted molar refractivity (Wildman–Crippen MR) is 151 cm³/mol. The molecule has 3 rings (SSSR count). The number of aliphatic carboxylic acids is 1. The summed E-state index contributed by atoms with van der Waals surface area (Å²) in [6.07, 6.45) is 1.28. The number of rotatable bonds is 13. The molecule has 9 nitrogen and oxygen atoms in total. The first-order valence-corrected chi connectivity index (χ1v) is 14.9. The van der Waals surface area contributed by atoms with Gasteiger partial charge in [-0.3, -0.25) is 9.59 Å². The van der Waals surface area contributed by atoms with E-state index in [0.717, 1.165) is 15.4 Å². The Kier molecular flexibility index (Phi) is 12.5. The summed E-state index contributed by atoms with van der Waals surface area (Å²) < 4.78 is 27.1. The van der Waals surface area contributed by atoms with Crippen molar-refractivity contribution in [3.8, 4) is 0 Å². The number of hydrogen-bond donors (Lipinski definition) is 3. The number of carboxylic acid groups (broad SMARTS) is 1. The summed E-state index contributed by atoms with van der Waals surface area (Å²) in [6, 6.07) is 13.8. The molecule has 1 amide bonds. The molecule has 2 atom stereocenters. The van der Waals surface area contributed by atoms with Crippen molar-refractivity contribution in [1.82, 2.24) is 9.62 Å². The van der Waals surface area contributed by atoms with Gasteiger partial charge in [-0.15, -0.1) is 0 Å². The van der Waals surface area contributed by atoms with Gasteiger partial charge >= 0.3 is 5.97 Å². The summed E-state index contributed by atoms with van der Waals surface area (Å²) in [5, 5.41) is 19.7. The lowest BCUT2D eigenvalue weighted by atomic mass is 10.00. The monoisotopic (exact) mass is 557 g/mol. The smallest absolute Gasteiger partial charge is 0.326 e. The molecule has 0 bridgehead atoms. The van der Waals surface area contributed by atoms with Gasteiger partial charge in [0.2, 0.25) is 15.9 Å². The van der Waals surface area contributed by atoms with Gasteiger partial charge in [0.25, 0.3) is 0 Å². The number of nitrogens with zero attached hydrogens (tertiary/aromatic N) is 1. The molecule has 1 fully saturated rings. The van der Waals surface area contributed by atoms with Crippen molar-refractivity contribution < 1.29 is 27.9 Å². The van der Waals surface area contributed by atoms with Crippen LogP contribution in [0.5, 0.6) is 0 Å². The van der Waals surface area contributed by atoms with Gasteiger partial charge in [-0.1, -0.05) is 68.4 Å². The number of benzene rings is 2. The minimum Gasteiger partial charge on any atom is -0.480 e. The summed E-state index contributed by atoms with van der Waals surface area (Å²) in [5.41, 5.74) is 2.83. The first-order chi connectivity index (χ1) is 18.5. The number of Topliss-reactive ketones (excluding diaryl/α,β-unsaturated/α-hetero) is 1.